The highest BCUT2D eigenvalue weighted by Crippen LogP contribution is 2.40. The topological polar surface area (TPSA) is 278 Å². The molecule has 6 N–H and O–H groups in total. The van der Waals surface area contributed by atoms with Crippen LogP contribution < -0.4 is 10.7 Å². The smallest absolute Gasteiger partial charge is 0.295 e. The maximum absolute atomic E-state index is 14.0. The summed E-state index contributed by atoms with van der Waals surface area (Å²) in [6.45, 7) is 0. The quantitative estimate of drug-likeness (QED) is 0.0473. The van der Waals surface area contributed by atoms with Gasteiger partial charge in [-0.15, -0.1) is 8.67 Å². The monoisotopic (exact) mass is 780 g/mol. The highest BCUT2D eigenvalue weighted by atomic mass is 35.5. The minimum absolute atomic E-state index is 0.0402. The molecule has 0 saturated carbocycles. The van der Waals surface area contributed by atoms with Crippen molar-refractivity contribution in [3.05, 3.63) is 69.1 Å². The maximum atomic E-state index is 14.0. The van der Waals surface area contributed by atoms with Crippen LogP contribution >= 0.6 is 47.3 Å². The minimum Gasteiger partial charge on any atom is -0.323 e. The van der Waals surface area contributed by atoms with E-state index < -0.39 is 41.5 Å². The highest BCUT2D eigenvalue weighted by molar-refractivity contribution is 7.99. The summed E-state index contributed by atoms with van der Waals surface area (Å²) in [5.74, 6) is -1.22. The lowest BCUT2D eigenvalue weighted by Gasteiger charge is -2.21. The van der Waals surface area contributed by atoms with E-state index in [0.29, 0.717) is 12.0 Å². The van der Waals surface area contributed by atoms with Gasteiger partial charge in [0.25, 0.3) is 20.2 Å². The number of nitrogens with one attached hydrogen (secondary N) is 2. The number of halogens is 2. The van der Waals surface area contributed by atoms with Crippen molar-refractivity contribution in [2.75, 3.05) is 10.7 Å². The van der Waals surface area contributed by atoms with Crippen LogP contribution in [0.3, 0.4) is 0 Å². The largest absolute Gasteiger partial charge is 0.323 e. The lowest BCUT2D eigenvalue weighted by molar-refractivity contribution is -0.432. The molecule has 48 heavy (non-hydrogen) atoms. The van der Waals surface area contributed by atoms with Crippen LogP contribution in [0.4, 0.5) is 17.3 Å². The zero-order valence-corrected chi connectivity index (χ0v) is 27.5. The average Bonchev–Trinajstić information content (AvgIpc) is 3.00. The van der Waals surface area contributed by atoms with Crippen molar-refractivity contribution in [1.29, 1.82) is 0 Å². The predicted octanol–water partition coefficient (Wildman–Crippen LogP) is 5.07. The Labute approximate surface area is 286 Å². The van der Waals surface area contributed by atoms with Crippen LogP contribution in [0.2, 0.25) is 10.6 Å². The molecule has 1 aromatic heterocycles. The van der Waals surface area contributed by atoms with Gasteiger partial charge in [-0.25, -0.2) is 10.5 Å². The van der Waals surface area contributed by atoms with E-state index in [4.69, 9.17) is 33.7 Å². The van der Waals surface area contributed by atoms with E-state index in [1.807, 2.05) is 0 Å². The zero-order chi connectivity index (χ0) is 34.8. The molecule has 1 aliphatic rings. The van der Waals surface area contributed by atoms with Crippen LogP contribution in [0.1, 0.15) is 15.9 Å². The summed E-state index contributed by atoms with van der Waals surface area (Å²) in [4.78, 5) is 24.1. The van der Waals surface area contributed by atoms with Crippen molar-refractivity contribution >= 4 is 113 Å². The second-order valence-electron chi connectivity index (χ2n) is 8.86. The van der Waals surface area contributed by atoms with Crippen LogP contribution in [0.5, 0.6) is 0 Å². The Morgan fingerprint density at radius 1 is 0.833 bits per heavy atom. The van der Waals surface area contributed by atoms with Crippen LogP contribution in [-0.2, 0) is 39.0 Å². The van der Waals surface area contributed by atoms with Gasteiger partial charge in [-0.2, -0.15) is 36.9 Å². The van der Waals surface area contributed by atoms with E-state index >= 15 is 0 Å². The number of Topliss-reactive ketones (excluding diaryl/α,β-unsaturated/α-hetero) is 1. The van der Waals surface area contributed by atoms with Gasteiger partial charge in [-0.1, -0.05) is 28.3 Å². The van der Waals surface area contributed by atoms with E-state index in [-0.39, 0.29) is 71.6 Å². The molecule has 0 bridgehead atoms. The van der Waals surface area contributed by atoms with Gasteiger partial charge < -0.3 is 5.32 Å². The normalized spacial score (nSPS) is 14.2. The van der Waals surface area contributed by atoms with E-state index in [9.17, 15) is 30.7 Å². The molecular formula is C23H14Cl2N6O13S4. The number of allylic oxidation sites excluding steroid dienone is 1. The number of hydrazone groups is 1. The fourth-order valence-electron chi connectivity index (χ4n) is 4.28. The van der Waals surface area contributed by atoms with E-state index in [2.05, 4.69) is 49.5 Å². The van der Waals surface area contributed by atoms with E-state index in [0.717, 1.165) is 18.2 Å². The Morgan fingerprint density at radius 2 is 1.52 bits per heavy atom. The Kier molecular flexibility index (Phi) is 10.8. The summed E-state index contributed by atoms with van der Waals surface area (Å²) in [6, 6.07) is 8.39. The number of aromatic nitrogens is 3. The molecule has 0 fully saturated rings. The first-order chi connectivity index (χ1) is 22.7. The molecule has 1 heterocycles. The molecule has 252 valence electrons. The molecule has 5 rings (SSSR count). The molecule has 0 aliphatic heterocycles. The zero-order valence-electron chi connectivity index (χ0n) is 22.8. The molecule has 1 aliphatic carbocycles. The molecular weight excluding hydrogens is 767 g/mol. The minimum atomic E-state index is -4.85. The SMILES string of the molecule is O=C1/C(=N/Nc2ccc3c(S(=O)(=O)O)cccc3c2SOOO)C(SOOO)=Cc2cc(S(=O)(=O)O)cc(Nc3nc(Cl)nc(Cl)n3)c21. The second-order valence-corrected chi connectivity index (χ2v) is 13.8. The first-order valence-corrected chi connectivity index (χ1v) is 17.3. The van der Waals surface area contributed by atoms with Gasteiger partial charge in [0.1, 0.15) is 10.6 Å². The van der Waals surface area contributed by atoms with Gasteiger partial charge in [0, 0.05) is 10.8 Å². The van der Waals surface area contributed by atoms with Gasteiger partial charge in [0.15, 0.2) is 0 Å². The number of rotatable bonds is 12. The molecule has 25 heteroatoms. The van der Waals surface area contributed by atoms with E-state index in [1.165, 1.54) is 30.3 Å². The molecule has 0 saturated heterocycles. The lowest BCUT2D eigenvalue weighted by atomic mass is 9.93. The fourth-order valence-corrected chi connectivity index (χ4v) is 6.96. The number of benzene rings is 3. The fraction of sp³-hybridized carbons (Fsp3) is 0. The molecule has 0 spiro atoms. The summed E-state index contributed by atoms with van der Waals surface area (Å²) >= 11 is 12.4. The van der Waals surface area contributed by atoms with Gasteiger partial charge in [-0.05, 0) is 59.1 Å². The first-order valence-electron chi connectivity index (χ1n) is 12.1. The number of fused-ring (bicyclic) bond motifs is 2. The average molecular weight is 782 g/mol. The van der Waals surface area contributed by atoms with Crippen molar-refractivity contribution in [2.24, 2.45) is 5.10 Å². The third-order valence-corrected chi connectivity index (χ3v) is 9.51. The summed E-state index contributed by atoms with van der Waals surface area (Å²) in [7, 11) is -9.52. The molecule has 0 radical (unpaired) electrons. The third kappa shape index (κ3) is 7.85. The summed E-state index contributed by atoms with van der Waals surface area (Å²) in [6.07, 6.45) is 1.20. The Hall–Kier alpha value is -3.53. The van der Waals surface area contributed by atoms with Crippen LogP contribution in [0, 0.1) is 0 Å². The van der Waals surface area contributed by atoms with Gasteiger partial charge >= 0.3 is 0 Å². The molecule has 0 amide bonds. The standard InChI is InChI=1S/C23H14Cl2N6O13S4/c24-21-27-22(25)29-23(28-21)26-14-8-10(47(35,36)37)6-9-7-15(45-43-41-33)18(19(32)17(9)14)31-30-13-5-4-11-12(20(13)46-44-42-34)2-1-3-16(11)48(38,39)40/h1-8,30,33-34H,(H,35,36,37)(H,38,39,40)(H,26,27,28,29)/b31-18+. The first kappa shape index (κ1) is 35.8. The molecule has 0 atom stereocenters. The second kappa shape index (κ2) is 14.5. The predicted molar refractivity (Wildman–Crippen MR) is 170 cm³/mol. The number of anilines is 3. The van der Waals surface area contributed by atoms with Crippen molar-refractivity contribution in [3.8, 4) is 0 Å². The number of carbonyl (C=O) groups excluding carboxylic acids is 1. The maximum Gasteiger partial charge on any atom is 0.295 e. The van der Waals surface area contributed by atoms with Crippen molar-refractivity contribution in [2.45, 2.75) is 14.7 Å². The summed E-state index contributed by atoms with van der Waals surface area (Å²) in [5, 5.41) is 31.1. The van der Waals surface area contributed by atoms with Crippen LogP contribution in [-0.4, -0.2) is 62.9 Å². The number of nitrogens with zero attached hydrogens (tertiary/aromatic N) is 4. The van der Waals surface area contributed by atoms with Crippen molar-refractivity contribution in [1.82, 2.24) is 15.0 Å². The molecule has 3 aromatic carbocycles. The highest BCUT2D eigenvalue weighted by Gasteiger charge is 2.32. The summed E-state index contributed by atoms with van der Waals surface area (Å²) in [5.41, 5.74) is 1.64. The van der Waals surface area contributed by atoms with Gasteiger partial charge in [0.2, 0.25) is 22.3 Å². The molecule has 19 nitrogen and oxygen atoms in total. The molecule has 4 aromatic rings. The Bertz CT molecular complexity index is 2220. The summed E-state index contributed by atoms with van der Waals surface area (Å²) < 4.78 is 76.7. The van der Waals surface area contributed by atoms with Crippen molar-refractivity contribution in [3.63, 3.8) is 0 Å². The lowest BCUT2D eigenvalue weighted by Crippen LogP contribution is -2.24. The Morgan fingerprint density at radius 3 is 2.17 bits per heavy atom. The number of hydrogen-bond donors (Lipinski definition) is 6. The third-order valence-electron chi connectivity index (χ3n) is 6.07. The van der Waals surface area contributed by atoms with Crippen LogP contribution in [0.25, 0.3) is 16.8 Å². The number of hydrogen-bond acceptors (Lipinski definition) is 19. The molecule has 0 unspecified atom stereocenters. The van der Waals surface area contributed by atoms with Gasteiger partial charge in [-0.3, -0.25) is 19.3 Å². The van der Waals surface area contributed by atoms with E-state index in [1.54, 1.807) is 0 Å². The van der Waals surface area contributed by atoms with Crippen LogP contribution in [0.15, 0.2) is 67.2 Å². The Balaban J connectivity index is 1.66. The number of carbonyl (C=O) groups is 1. The van der Waals surface area contributed by atoms with Crippen molar-refractivity contribution < 1.29 is 60.0 Å². The number of ketones is 1. The van der Waals surface area contributed by atoms with Gasteiger partial charge in [0.05, 0.1) is 55.7 Å².